The van der Waals surface area contributed by atoms with E-state index < -0.39 is 24.0 Å². The average molecular weight is 264 g/mol. The zero-order valence-electron chi connectivity index (χ0n) is 11.2. The van der Waals surface area contributed by atoms with Gasteiger partial charge in [0.15, 0.2) is 0 Å². The van der Waals surface area contributed by atoms with Gasteiger partial charge in [0.1, 0.15) is 12.1 Å². The van der Waals surface area contributed by atoms with Gasteiger partial charge in [0.2, 0.25) is 5.91 Å². The smallest absolute Gasteiger partial charge is 0.326 e. The maximum Gasteiger partial charge on any atom is 0.326 e. The number of carbonyl (C=O) groups is 2. The summed E-state index contributed by atoms with van der Waals surface area (Å²) in [7, 11) is 0. The molecule has 0 saturated heterocycles. The molecule has 5 nitrogen and oxygen atoms in total. The van der Waals surface area contributed by atoms with E-state index in [1.54, 1.807) is 31.2 Å². The summed E-state index contributed by atoms with van der Waals surface area (Å²) >= 11 is 0. The van der Waals surface area contributed by atoms with E-state index in [9.17, 15) is 9.59 Å². The van der Waals surface area contributed by atoms with Crippen LogP contribution in [-0.4, -0.2) is 23.0 Å². The number of carbonyl (C=O) groups excluding carboxylic acids is 1. The highest BCUT2D eigenvalue weighted by Crippen LogP contribution is 2.12. The number of hydrogen-bond acceptors (Lipinski definition) is 3. The molecule has 0 fully saturated rings. The lowest BCUT2D eigenvalue weighted by atomic mass is 9.98. The first-order chi connectivity index (χ1) is 8.97. The largest absolute Gasteiger partial charge is 0.480 e. The molecule has 0 unspecified atom stereocenters. The Morgan fingerprint density at radius 2 is 1.89 bits per heavy atom. The molecule has 0 spiro atoms. The summed E-state index contributed by atoms with van der Waals surface area (Å²) in [4.78, 5) is 23.1. The van der Waals surface area contributed by atoms with E-state index >= 15 is 0 Å². The maximum atomic E-state index is 12.0. The van der Waals surface area contributed by atoms with Crippen molar-refractivity contribution in [1.29, 1.82) is 0 Å². The van der Waals surface area contributed by atoms with Crippen molar-refractivity contribution < 1.29 is 14.7 Å². The Morgan fingerprint density at radius 1 is 1.32 bits per heavy atom. The molecule has 0 heterocycles. The summed E-state index contributed by atoms with van der Waals surface area (Å²) in [6, 6.07) is 7.11. The molecule has 0 aliphatic rings. The molecular weight excluding hydrogens is 244 g/mol. The molecule has 19 heavy (non-hydrogen) atoms. The number of nitrogens with two attached hydrogens (primary N) is 1. The molecular formula is C14H20N2O3. The molecule has 3 atom stereocenters. The monoisotopic (exact) mass is 264 g/mol. The highest BCUT2D eigenvalue weighted by atomic mass is 16.4. The second kappa shape index (κ2) is 6.89. The van der Waals surface area contributed by atoms with Gasteiger partial charge in [-0.05, 0) is 11.5 Å². The second-order valence-corrected chi connectivity index (χ2v) is 4.60. The molecule has 0 aliphatic carbocycles. The lowest BCUT2D eigenvalue weighted by molar-refractivity contribution is -0.143. The van der Waals surface area contributed by atoms with Crippen LogP contribution in [0.25, 0.3) is 0 Å². The second-order valence-electron chi connectivity index (χ2n) is 4.60. The lowest BCUT2D eigenvalue weighted by Gasteiger charge is -2.22. The zero-order chi connectivity index (χ0) is 14.4. The third-order valence-electron chi connectivity index (χ3n) is 3.22. The molecule has 0 aliphatic heterocycles. The Hall–Kier alpha value is -1.88. The van der Waals surface area contributed by atoms with Crippen molar-refractivity contribution in [2.45, 2.75) is 32.4 Å². The lowest BCUT2D eigenvalue weighted by Crippen LogP contribution is -2.48. The zero-order valence-corrected chi connectivity index (χ0v) is 11.2. The summed E-state index contributed by atoms with van der Waals surface area (Å²) in [6.45, 7) is 3.66. The number of carboxylic acids is 1. The van der Waals surface area contributed by atoms with Crippen LogP contribution in [0.3, 0.4) is 0 Å². The summed E-state index contributed by atoms with van der Waals surface area (Å²) in [5, 5.41) is 11.6. The minimum atomic E-state index is -1.04. The minimum Gasteiger partial charge on any atom is -0.480 e. The van der Waals surface area contributed by atoms with E-state index in [1.165, 1.54) is 0 Å². The molecule has 1 aromatic rings. The summed E-state index contributed by atoms with van der Waals surface area (Å²) in [6.07, 6.45) is 0.665. The standard InChI is InChI=1S/C14H20N2O3/c1-3-9(2)12(14(18)19)16-13(17)11(15)10-7-5-4-6-8-10/h4-9,11-12H,3,15H2,1-2H3,(H,16,17)(H,18,19)/t9-,11+,12-/m0/s1. The quantitative estimate of drug-likeness (QED) is 0.722. The summed E-state index contributed by atoms with van der Waals surface area (Å²) in [5.41, 5.74) is 6.48. The third kappa shape index (κ3) is 4.06. The van der Waals surface area contributed by atoms with E-state index in [2.05, 4.69) is 5.32 Å². The van der Waals surface area contributed by atoms with E-state index in [0.717, 1.165) is 0 Å². The van der Waals surface area contributed by atoms with Crippen LogP contribution in [0, 0.1) is 5.92 Å². The van der Waals surface area contributed by atoms with Gasteiger partial charge in [-0.3, -0.25) is 4.79 Å². The van der Waals surface area contributed by atoms with Crippen LogP contribution in [0.5, 0.6) is 0 Å². The first kappa shape index (κ1) is 15.2. The third-order valence-corrected chi connectivity index (χ3v) is 3.22. The summed E-state index contributed by atoms with van der Waals surface area (Å²) in [5.74, 6) is -1.66. The number of nitrogens with one attached hydrogen (secondary N) is 1. The number of aliphatic carboxylic acids is 1. The van der Waals surface area contributed by atoms with Crippen molar-refractivity contribution in [3.63, 3.8) is 0 Å². The Kier molecular flexibility index (Phi) is 5.51. The van der Waals surface area contributed by atoms with Gasteiger partial charge in [0.25, 0.3) is 0 Å². The van der Waals surface area contributed by atoms with Gasteiger partial charge in [0.05, 0.1) is 0 Å². The van der Waals surface area contributed by atoms with Crippen LogP contribution >= 0.6 is 0 Å². The number of benzene rings is 1. The topological polar surface area (TPSA) is 92.4 Å². The Morgan fingerprint density at radius 3 is 2.37 bits per heavy atom. The van der Waals surface area contributed by atoms with Crippen LogP contribution in [-0.2, 0) is 9.59 Å². The van der Waals surface area contributed by atoms with Crippen LogP contribution in [0.1, 0.15) is 31.9 Å². The summed E-state index contributed by atoms with van der Waals surface area (Å²) < 4.78 is 0. The number of amides is 1. The van der Waals surface area contributed by atoms with Crippen LogP contribution in [0.4, 0.5) is 0 Å². The highest BCUT2D eigenvalue weighted by molar-refractivity contribution is 5.87. The van der Waals surface area contributed by atoms with Crippen LogP contribution < -0.4 is 11.1 Å². The van der Waals surface area contributed by atoms with Gasteiger partial charge in [-0.15, -0.1) is 0 Å². The van der Waals surface area contributed by atoms with Gasteiger partial charge in [-0.1, -0.05) is 50.6 Å². The minimum absolute atomic E-state index is 0.149. The Balaban J connectivity index is 2.75. The van der Waals surface area contributed by atoms with Crippen molar-refractivity contribution in [1.82, 2.24) is 5.32 Å². The average Bonchev–Trinajstić information content (AvgIpc) is 2.43. The molecule has 5 heteroatoms. The Bertz CT molecular complexity index is 434. The fourth-order valence-corrected chi connectivity index (χ4v) is 1.74. The fraction of sp³-hybridized carbons (Fsp3) is 0.429. The van der Waals surface area contributed by atoms with Crippen molar-refractivity contribution in [2.24, 2.45) is 11.7 Å². The molecule has 104 valence electrons. The normalized spacial score (nSPS) is 15.3. The van der Waals surface area contributed by atoms with Gasteiger partial charge in [0, 0.05) is 0 Å². The van der Waals surface area contributed by atoms with Crippen LogP contribution in [0.15, 0.2) is 30.3 Å². The van der Waals surface area contributed by atoms with Crippen molar-refractivity contribution in [2.75, 3.05) is 0 Å². The Labute approximate surface area is 112 Å². The first-order valence-electron chi connectivity index (χ1n) is 6.31. The van der Waals surface area contributed by atoms with Crippen molar-refractivity contribution in [3.05, 3.63) is 35.9 Å². The highest BCUT2D eigenvalue weighted by Gasteiger charge is 2.27. The van der Waals surface area contributed by atoms with Gasteiger partial charge >= 0.3 is 5.97 Å². The molecule has 0 bridgehead atoms. The molecule has 0 saturated carbocycles. The van der Waals surface area contributed by atoms with Crippen LogP contribution in [0.2, 0.25) is 0 Å². The predicted octanol–water partition coefficient (Wildman–Crippen LogP) is 1.30. The number of hydrogen-bond donors (Lipinski definition) is 3. The fourth-order valence-electron chi connectivity index (χ4n) is 1.74. The first-order valence-corrected chi connectivity index (χ1v) is 6.31. The molecule has 1 amide bonds. The SMILES string of the molecule is CC[C@H](C)[C@H](NC(=O)[C@H](N)c1ccccc1)C(=O)O. The van der Waals surface area contributed by atoms with Gasteiger partial charge in [-0.2, -0.15) is 0 Å². The van der Waals surface area contributed by atoms with Gasteiger partial charge in [-0.25, -0.2) is 4.79 Å². The number of rotatable bonds is 6. The van der Waals surface area contributed by atoms with Crippen molar-refractivity contribution in [3.8, 4) is 0 Å². The van der Waals surface area contributed by atoms with Crippen molar-refractivity contribution >= 4 is 11.9 Å². The van der Waals surface area contributed by atoms with E-state index in [4.69, 9.17) is 10.8 Å². The molecule has 1 aromatic carbocycles. The van der Waals surface area contributed by atoms with E-state index in [1.807, 2.05) is 13.0 Å². The molecule has 4 N–H and O–H groups in total. The molecule has 0 aromatic heterocycles. The number of carboxylic acid groups (broad SMARTS) is 1. The van der Waals surface area contributed by atoms with E-state index in [-0.39, 0.29) is 5.92 Å². The predicted molar refractivity (Wildman–Crippen MR) is 72.4 cm³/mol. The molecule has 0 radical (unpaired) electrons. The van der Waals surface area contributed by atoms with Gasteiger partial charge < -0.3 is 16.2 Å². The maximum absolute atomic E-state index is 12.0. The van der Waals surface area contributed by atoms with E-state index in [0.29, 0.717) is 12.0 Å². The molecule has 1 rings (SSSR count).